The fraction of sp³-hybridized carbons (Fsp3) is 0.526. The second-order valence-electron chi connectivity index (χ2n) is 6.90. The summed E-state index contributed by atoms with van der Waals surface area (Å²) in [5.41, 5.74) is 0.958. The minimum Gasteiger partial charge on any atom is -0.493 e. The van der Waals surface area contributed by atoms with Gasteiger partial charge in [0, 0.05) is 25.6 Å². The fourth-order valence-corrected chi connectivity index (χ4v) is 3.38. The van der Waals surface area contributed by atoms with Gasteiger partial charge in [0.15, 0.2) is 17.3 Å². The molecule has 1 aliphatic carbocycles. The first-order valence-corrected chi connectivity index (χ1v) is 9.44. The van der Waals surface area contributed by atoms with Crippen molar-refractivity contribution >= 4 is 6.03 Å². The van der Waals surface area contributed by atoms with Crippen molar-refractivity contribution < 1.29 is 14.3 Å². The van der Waals surface area contributed by atoms with E-state index in [0.717, 1.165) is 23.8 Å². The number of aromatic nitrogens is 3. The standard InChI is InChI=1S/C19H25N5O3/c1-3-27-15-7-4-13(10-16(15)26-2)11-20-19(25)23-8-9-24-17(12-23)21-22-18(24)14-5-6-14/h4,7,10,14H,3,5-6,8-9,11-12H2,1-2H3,(H,20,25). The van der Waals surface area contributed by atoms with Crippen molar-refractivity contribution in [3.05, 3.63) is 35.4 Å². The number of nitrogens with zero attached hydrogens (tertiary/aromatic N) is 4. The van der Waals surface area contributed by atoms with E-state index in [1.807, 2.05) is 25.1 Å². The lowest BCUT2D eigenvalue weighted by atomic mass is 10.2. The van der Waals surface area contributed by atoms with E-state index in [1.165, 1.54) is 12.8 Å². The number of hydrogen-bond donors (Lipinski definition) is 1. The molecule has 2 heterocycles. The van der Waals surface area contributed by atoms with Gasteiger partial charge in [0.2, 0.25) is 0 Å². The molecule has 2 aliphatic rings. The van der Waals surface area contributed by atoms with Crippen LogP contribution in [0.2, 0.25) is 0 Å². The molecule has 1 N–H and O–H groups in total. The van der Waals surface area contributed by atoms with Crippen LogP contribution in [0.25, 0.3) is 0 Å². The number of amides is 2. The lowest BCUT2D eigenvalue weighted by Gasteiger charge is -2.28. The highest BCUT2D eigenvalue weighted by Crippen LogP contribution is 2.39. The average Bonchev–Trinajstić information content (AvgIpc) is 3.45. The number of carbonyl (C=O) groups excluding carboxylic acids is 1. The Labute approximate surface area is 158 Å². The monoisotopic (exact) mass is 371 g/mol. The van der Waals surface area contributed by atoms with Crippen LogP contribution in [-0.4, -0.2) is 46.0 Å². The van der Waals surface area contributed by atoms with Gasteiger partial charge in [0.05, 0.1) is 20.3 Å². The summed E-state index contributed by atoms with van der Waals surface area (Å²) in [7, 11) is 1.61. The van der Waals surface area contributed by atoms with E-state index in [9.17, 15) is 4.79 Å². The van der Waals surface area contributed by atoms with Gasteiger partial charge in [0.25, 0.3) is 0 Å². The normalized spacial score (nSPS) is 16.0. The summed E-state index contributed by atoms with van der Waals surface area (Å²) < 4.78 is 13.1. The second kappa shape index (κ2) is 7.46. The van der Waals surface area contributed by atoms with Gasteiger partial charge in [-0.2, -0.15) is 0 Å². The summed E-state index contributed by atoms with van der Waals surface area (Å²) in [6.07, 6.45) is 2.40. The maximum Gasteiger partial charge on any atom is 0.318 e. The molecule has 4 rings (SSSR count). The van der Waals surface area contributed by atoms with Crippen LogP contribution in [0, 0.1) is 0 Å². The van der Waals surface area contributed by atoms with E-state index in [-0.39, 0.29) is 6.03 Å². The Hall–Kier alpha value is -2.77. The van der Waals surface area contributed by atoms with Gasteiger partial charge in [-0.3, -0.25) is 0 Å². The van der Waals surface area contributed by atoms with Crippen molar-refractivity contribution in [3.8, 4) is 11.5 Å². The first kappa shape index (κ1) is 17.6. The number of ether oxygens (including phenoxy) is 2. The third-order valence-corrected chi connectivity index (χ3v) is 4.98. The van der Waals surface area contributed by atoms with Crippen molar-refractivity contribution in [2.45, 2.75) is 45.3 Å². The minimum absolute atomic E-state index is 0.0925. The Morgan fingerprint density at radius 1 is 1.26 bits per heavy atom. The third kappa shape index (κ3) is 3.70. The molecule has 1 fully saturated rings. The quantitative estimate of drug-likeness (QED) is 0.843. The van der Waals surface area contributed by atoms with Gasteiger partial charge < -0.3 is 24.3 Å². The van der Waals surface area contributed by atoms with Crippen LogP contribution < -0.4 is 14.8 Å². The van der Waals surface area contributed by atoms with Gasteiger partial charge in [-0.1, -0.05) is 6.07 Å². The van der Waals surface area contributed by atoms with E-state index >= 15 is 0 Å². The van der Waals surface area contributed by atoms with Crippen molar-refractivity contribution in [1.29, 1.82) is 0 Å². The minimum atomic E-state index is -0.0925. The molecule has 1 aromatic heterocycles. The summed E-state index contributed by atoms with van der Waals surface area (Å²) >= 11 is 0. The van der Waals surface area contributed by atoms with Crippen molar-refractivity contribution in [3.63, 3.8) is 0 Å². The smallest absolute Gasteiger partial charge is 0.318 e. The second-order valence-corrected chi connectivity index (χ2v) is 6.90. The number of fused-ring (bicyclic) bond motifs is 1. The predicted octanol–water partition coefficient (Wildman–Crippen LogP) is 2.29. The molecule has 2 amide bonds. The van der Waals surface area contributed by atoms with Crippen LogP contribution in [0.1, 0.15) is 42.9 Å². The molecule has 1 aliphatic heterocycles. The molecule has 1 saturated carbocycles. The number of methoxy groups -OCH3 is 1. The number of urea groups is 1. The van der Waals surface area contributed by atoms with Gasteiger partial charge in [0.1, 0.15) is 5.82 Å². The van der Waals surface area contributed by atoms with Gasteiger partial charge >= 0.3 is 6.03 Å². The lowest BCUT2D eigenvalue weighted by molar-refractivity contribution is 0.181. The SMILES string of the molecule is CCOc1ccc(CNC(=O)N2CCn3c(nnc3C3CC3)C2)cc1OC. The van der Waals surface area contributed by atoms with Crippen molar-refractivity contribution in [1.82, 2.24) is 25.0 Å². The van der Waals surface area contributed by atoms with E-state index in [0.29, 0.717) is 43.7 Å². The van der Waals surface area contributed by atoms with Gasteiger partial charge in [-0.25, -0.2) is 4.79 Å². The largest absolute Gasteiger partial charge is 0.493 e. The predicted molar refractivity (Wildman–Crippen MR) is 98.8 cm³/mol. The van der Waals surface area contributed by atoms with E-state index in [2.05, 4.69) is 20.1 Å². The highest BCUT2D eigenvalue weighted by molar-refractivity contribution is 5.74. The van der Waals surface area contributed by atoms with Crippen LogP contribution in [0.15, 0.2) is 18.2 Å². The van der Waals surface area contributed by atoms with Crippen LogP contribution >= 0.6 is 0 Å². The maximum atomic E-state index is 12.6. The Bertz CT molecular complexity index is 831. The Kier molecular flexibility index (Phi) is 4.87. The molecule has 2 aromatic rings. The molecule has 144 valence electrons. The van der Waals surface area contributed by atoms with E-state index in [4.69, 9.17) is 9.47 Å². The zero-order valence-electron chi connectivity index (χ0n) is 15.8. The number of carbonyl (C=O) groups is 1. The van der Waals surface area contributed by atoms with Crippen LogP contribution in [0.4, 0.5) is 4.79 Å². The van der Waals surface area contributed by atoms with E-state index < -0.39 is 0 Å². The molecular formula is C19H25N5O3. The van der Waals surface area contributed by atoms with Crippen LogP contribution in [-0.2, 0) is 19.6 Å². The molecule has 0 unspecified atom stereocenters. The van der Waals surface area contributed by atoms with Crippen molar-refractivity contribution in [2.75, 3.05) is 20.3 Å². The average molecular weight is 371 g/mol. The molecular weight excluding hydrogens is 346 g/mol. The molecule has 8 heteroatoms. The topological polar surface area (TPSA) is 81.5 Å². The molecule has 0 bridgehead atoms. The summed E-state index contributed by atoms with van der Waals surface area (Å²) in [5.74, 6) is 3.91. The zero-order valence-corrected chi connectivity index (χ0v) is 15.8. The Morgan fingerprint density at radius 3 is 2.85 bits per heavy atom. The molecule has 0 saturated heterocycles. The summed E-state index contributed by atoms with van der Waals surface area (Å²) in [5, 5.41) is 11.6. The van der Waals surface area contributed by atoms with E-state index in [1.54, 1.807) is 12.0 Å². The maximum absolute atomic E-state index is 12.6. The van der Waals surface area contributed by atoms with Gasteiger partial charge in [-0.15, -0.1) is 10.2 Å². The third-order valence-electron chi connectivity index (χ3n) is 4.98. The number of rotatable bonds is 6. The highest BCUT2D eigenvalue weighted by atomic mass is 16.5. The molecule has 8 nitrogen and oxygen atoms in total. The summed E-state index contributed by atoms with van der Waals surface area (Å²) in [4.78, 5) is 14.3. The highest BCUT2D eigenvalue weighted by Gasteiger charge is 2.32. The number of benzene rings is 1. The molecule has 27 heavy (non-hydrogen) atoms. The Morgan fingerprint density at radius 2 is 2.11 bits per heavy atom. The van der Waals surface area contributed by atoms with Crippen molar-refractivity contribution in [2.24, 2.45) is 0 Å². The summed E-state index contributed by atoms with van der Waals surface area (Å²) in [6.45, 7) is 4.87. The van der Waals surface area contributed by atoms with Crippen LogP contribution in [0.3, 0.4) is 0 Å². The molecule has 0 spiro atoms. The number of nitrogens with one attached hydrogen (secondary N) is 1. The number of hydrogen-bond acceptors (Lipinski definition) is 5. The zero-order chi connectivity index (χ0) is 18.8. The Balaban J connectivity index is 1.35. The lowest BCUT2D eigenvalue weighted by Crippen LogP contribution is -2.44. The summed E-state index contributed by atoms with van der Waals surface area (Å²) in [6, 6.07) is 5.60. The molecule has 0 radical (unpaired) electrons. The fourth-order valence-electron chi connectivity index (χ4n) is 3.38. The van der Waals surface area contributed by atoms with Gasteiger partial charge in [-0.05, 0) is 37.5 Å². The first-order chi connectivity index (χ1) is 13.2. The molecule has 1 aromatic carbocycles. The molecule has 0 atom stereocenters. The van der Waals surface area contributed by atoms with Crippen LogP contribution in [0.5, 0.6) is 11.5 Å². The first-order valence-electron chi connectivity index (χ1n) is 9.44.